The number of carbonyl (C=O) groups excluding carboxylic acids is 2. The Hall–Kier alpha value is -3.89. The SMILES string of the molecule is C[C@@H](NC(=O)c1nn(-c2ccccc2Cl)c(-c2ccc(Cl)cc2)c1CC(N)=O)c1ccc(C(F)(F)F)nc1. The van der Waals surface area contributed by atoms with Gasteiger partial charge in [-0.1, -0.05) is 53.5 Å². The summed E-state index contributed by atoms with van der Waals surface area (Å²) >= 11 is 12.5. The first-order valence-electron chi connectivity index (χ1n) is 11.2. The fourth-order valence-corrected chi connectivity index (χ4v) is 4.20. The highest BCUT2D eigenvalue weighted by molar-refractivity contribution is 6.32. The molecule has 2 amide bonds. The molecule has 0 fully saturated rings. The van der Waals surface area contributed by atoms with Crippen molar-refractivity contribution in [2.45, 2.75) is 25.6 Å². The van der Waals surface area contributed by atoms with Crippen LogP contribution in [0.1, 0.15) is 40.3 Å². The van der Waals surface area contributed by atoms with Gasteiger partial charge in [-0.05, 0) is 42.8 Å². The third-order valence-electron chi connectivity index (χ3n) is 5.67. The number of hydrogen-bond acceptors (Lipinski definition) is 4. The summed E-state index contributed by atoms with van der Waals surface area (Å²) in [6.07, 6.45) is -3.86. The summed E-state index contributed by atoms with van der Waals surface area (Å²) in [6.45, 7) is 1.58. The van der Waals surface area contributed by atoms with Crippen LogP contribution < -0.4 is 11.1 Å². The number of halogens is 5. The smallest absolute Gasteiger partial charge is 0.369 e. The van der Waals surface area contributed by atoms with Crippen LogP contribution in [0.2, 0.25) is 10.0 Å². The summed E-state index contributed by atoms with van der Waals surface area (Å²) in [5.74, 6) is -1.37. The van der Waals surface area contributed by atoms with Crippen molar-refractivity contribution < 1.29 is 22.8 Å². The number of para-hydroxylation sites is 1. The van der Waals surface area contributed by atoms with E-state index in [-0.39, 0.29) is 17.7 Å². The highest BCUT2D eigenvalue weighted by atomic mass is 35.5. The van der Waals surface area contributed by atoms with Crippen LogP contribution in [0.4, 0.5) is 13.2 Å². The van der Waals surface area contributed by atoms with E-state index >= 15 is 0 Å². The zero-order chi connectivity index (χ0) is 27.6. The summed E-state index contributed by atoms with van der Waals surface area (Å²) in [5.41, 5.74) is 6.42. The molecule has 0 radical (unpaired) electrons. The third-order valence-corrected chi connectivity index (χ3v) is 6.24. The van der Waals surface area contributed by atoms with Crippen LogP contribution in [-0.4, -0.2) is 26.6 Å². The number of hydrogen-bond donors (Lipinski definition) is 2. The van der Waals surface area contributed by atoms with Gasteiger partial charge in [0.1, 0.15) is 5.69 Å². The van der Waals surface area contributed by atoms with Crippen molar-refractivity contribution in [1.29, 1.82) is 0 Å². The highest BCUT2D eigenvalue weighted by Gasteiger charge is 2.32. The number of primary amides is 1. The largest absolute Gasteiger partial charge is 0.433 e. The van der Waals surface area contributed by atoms with Gasteiger partial charge < -0.3 is 11.1 Å². The minimum atomic E-state index is -4.59. The predicted molar refractivity (Wildman–Crippen MR) is 137 cm³/mol. The van der Waals surface area contributed by atoms with E-state index in [1.807, 2.05) is 0 Å². The molecule has 2 aromatic carbocycles. The van der Waals surface area contributed by atoms with E-state index in [4.69, 9.17) is 28.9 Å². The quantitative estimate of drug-likeness (QED) is 0.298. The van der Waals surface area contributed by atoms with E-state index in [9.17, 15) is 22.8 Å². The molecular formula is C26H20Cl2F3N5O2. The van der Waals surface area contributed by atoms with E-state index in [1.165, 1.54) is 10.7 Å². The molecule has 2 aromatic heterocycles. The van der Waals surface area contributed by atoms with Crippen LogP contribution in [0.25, 0.3) is 16.9 Å². The number of amides is 2. The van der Waals surface area contributed by atoms with Gasteiger partial charge in [0.15, 0.2) is 5.69 Å². The predicted octanol–water partition coefficient (Wildman–Crippen LogP) is 5.78. The number of nitrogens with one attached hydrogen (secondary N) is 1. The molecule has 0 unspecified atom stereocenters. The lowest BCUT2D eigenvalue weighted by atomic mass is 10.0. The Bertz CT molecular complexity index is 1490. The molecule has 1 atom stereocenters. The van der Waals surface area contributed by atoms with Gasteiger partial charge in [-0.2, -0.15) is 18.3 Å². The van der Waals surface area contributed by atoms with Gasteiger partial charge in [-0.25, -0.2) is 4.68 Å². The molecule has 7 nitrogen and oxygen atoms in total. The minimum Gasteiger partial charge on any atom is -0.369 e. The molecule has 2 heterocycles. The number of aromatic nitrogens is 3. The molecule has 0 spiro atoms. The van der Waals surface area contributed by atoms with E-state index in [0.717, 1.165) is 12.3 Å². The molecule has 4 rings (SSSR count). The van der Waals surface area contributed by atoms with Crippen LogP contribution in [0.3, 0.4) is 0 Å². The van der Waals surface area contributed by atoms with Crippen LogP contribution in [0.5, 0.6) is 0 Å². The first-order valence-corrected chi connectivity index (χ1v) is 12.0. The Labute approximate surface area is 225 Å². The lowest BCUT2D eigenvalue weighted by molar-refractivity contribution is -0.141. The number of alkyl halides is 3. The maximum Gasteiger partial charge on any atom is 0.433 e. The summed E-state index contributed by atoms with van der Waals surface area (Å²) in [5, 5.41) is 8.03. The van der Waals surface area contributed by atoms with Gasteiger partial charge in [0.25, 0.3) is 5.91 Å². The molecule has 12 heteroatoms. The zero-order valence-electron chi connectivity index (χ0n) is 19.8. The summed E-state index contributed by atoms with van der Waals surface area (Å²) in [7, 11) is 0. The fourth-order valence-electron chi connectivity index (χ4n) is 3.85. The van der Waals surface area contributed by atoms with E-state index in [1.54, 1.807) is 55.5 Å². The van der Waals surface area contributed by atoms with Gasteiger partial charge in [-0.15, -0.1) is 0 Å². The van der Waals surface area contributed by atoms with Crippen molar-refractivity contribution in [2.24, 2.45) is 5.73 Å². The number of pyridine rings is 1. The molecule has 38 heavy (non-hydrogen) atoms. The lowest BCUT2D eigenvalue weighted by Gasteiger charge is -2.15. The standard InChI is InChI=1S/C26H20Cl2F3N5O2/c1-14(16-8-11-21(33-13-16)26(29,30)31)34-25(38)23-18(12-22(32)37)24(15-6-9-17(27)10-7-15)36(35-23)20-5-3-2-4-19(20)28/h2-11,13-14H,12H2,1H3,(H2,32,37)(H,34,38)/t14-/m1/s1. The van der Waals surface area contributed by atoms with Crippen molar-refractivity contribution in [2.75, 3.05) is 0 Å². The average molecular weight is 562 g/mol. The fraction of sp³-hybridized carbons (Fsp3) is 0.154. The lowest BCUT2D eigenvalue weighted by Crippen LogP contribution is -2.29. The van der Waals surface area contributed by atoms with Crippen molar-refractivity contribution in [3.63, 3.8) is 0 Å². The molecule has 0 bridgehead atoms. The maximum atomic E-state index is 13.4. The molecule has 196 valence electrons. The number of benzene rings is 2. The highest BCUT2D eigenvalue weighted by Crippen LogP contribution is 2.33. The normalized spacial score (nSPS) is 12.3. The second-order valence-electron chi connectivity index (χ2n) is 8.36. The summed E-state index contributed by atoms with van der Waals surface area (Å²) < 4.78 is 40.1. The topological polar surface area (TPSA) is 103 Å². The van der Waals surface area contributed by atoms with Crippen molar-refractivity contribution >= 4 is 35.0 Å². The molecular weight excluding hydrogens is 542 g/mol. The number of nitrogens with zero attached hydrogens (tertiary/aromatic N) is 3. The molecule has 0 aliphatic heterocycles. The van der Waals surface area contributed by atoms with Gasteiger partial charge in [0, 0.05) is 22.3 Å². The van der Waals surface area contributed by atoms with Gasteiger partial charge in [-0.3, -0.25) is 14.6 Å². The van der Waals surface area contributed by atoms with Crippen molar-refractivity contribution in [3.8, 4) is 16.9 Å². The first kappa shape index (κ1) is 27.2. The Balaban J connectivity index is 1.80. The van der Waals surface area contributed by atoms with Crippen LogP contribution in [0, 0.1) is 0 Å². The minimum absolute atomic E-state index is 0.0969. The molecule has 0 aliphatic rings. The Kier molecular flexibility index (Phi) is 7.75. The van der Waals surface area contributed by atoms with Gasteiger partial charge >= 0.3 is 6.18 Å². The van der Waals surface area contributed by atoms with Crippen molar-refractivity contribution in [3.05, 3.63) is 99.4 Å². The van der Waals surface area contributed by atoms with Crippen LogP contribution >= 0.6 is 23.2 Å². The first-order chi connectivity index (χ1) is 18.0. The zero-order valence-corrected chi connectivity index (χ0v) is 21.3. The Morgan fingerprint density at radius 3 is 2.32 bits per heavy atom. The van der Waals surface area contributed by atoms with E-state index in [2.05, 4.69) is 15.4 Å². The molecule has 0 saturated carbocycles. The van der Waals surface area contributed by atoms with Gasteiger partial charge in [0.05, 0.1) is 28.9 Å². The Morgan fingerprint density at radius 1 is 1.05 bits per heavy atom. The van der Waals surface area contributed by atoms with Gasteiger partial charge in [0.2, 0.25) is 5.91 Å². The second kappa shape index (κ2) is 10.8. The molecule has 0 aliphatic carbocycles. The number of nitrogens with two attached hydrogens (primary N) is 1. The van der Waals surface area contributed by atoms with Crippen LogP contribution in [0.15, 0.2) is 66.9 Å². The molecule has 3 N–H and O–H groups in total. The van der Waals surface area contributed by atoms with Crippen LogP contribution in [-0.2, 0) is 17.4 Å². The summed E-state index contributed by atoms with van der Waals surface area (Å²) in [6, 6.07) is 14.8. The average Bonchev–Trinajstić information content (AvgIpc) is 3.22. The monoisotopic (exact) mass is 561 g/mol. The van der Waals surface area contributed by atoms with Crippen molar-refractivity contribution in [1.82, 2.24) is 20.1 Å². The second-order valence-corrected chi connectivity index (χ2v) is 9.20. The number of carbonyl (C=O) groups is 2. The summed E-state index contributed by atoms with van der Waals surface area (Å²) in [4.78, 5) is 28.9. The maximum absolute atomic E-state index is 13.4. The third kappa shape index (κ3) is 5.81. The number of rotatable bonds is 7. The van der Waals surface area contributed by atoms with E-state index < -0.39 is 29.7 Å². The molecule has 4 aromatic rings. The van der Waals surface area contributed by atoms with E-state index in [0.29, 0.717) is 32.6 Å². The Morgan fingerprint density at radius 2 is 1.74 bits per heavy atom. The molecule has 0 saturated heterocycles.